The van der Waals surface area contributed by atoms with Crippen LogP contribution in [-0.2, 0) is 29.2 Å². The molecule has 18 nitrogen and oxygen atoms in total. The van der Waals surface area contributed by atoms with Crippen molar-refractivity contribution in [2.75, 3.05) is 68.7 Å². The molecule has 60 heavy (non-hydrogen) atoms. The number of aromatic nitrogens is 4. The molecule has 4 heterocycles. The van der Waals surface area contributed by atoms with E-state index in [1.807, 2.05) is 53.1 Å². The number of piperidine rings is 1. The summed E-state index contributed by atoms with van der Waals surface area (Å²) in [5.41, 5.74) is 4.78. The quantitative estimate of drug-likeness (QED) is 0.0604. The smallest absolute Gasteiger partial charge is 0.324 e. The number of hydrogen-bond donors (Lipinski definition) is 5. The number of H-pyrrole nitrogens is 1. The molecule has 1 fully saturated rings. The Morgan fingerprint density at radius 2 is 1.58 bits per heavy atom. The van der Waals surface area contributed by atoms with Crippen molar-refractivity contribution in [3.05, 3.63) is 89.9 Å². The molecule has 0 spiro atoms. The first kappa shape index (κ1) is 41.5. The minimum absolute atomic E-state index is 0.0587. The number of fused-ring (bicyclic) bond motifs is 2. The summed E-state index contributed by atoms with van der Waals surface area (Å²) in [6.45, 7) is 9.06. The lowest BCUT2D eigenvalue weighted by atomic mass is 9.92. The average molecular weight is 822 g/mol. The number of rotatable bonds is 18. The van der Waals surface area contributed by atoms with E-state index in [0.717, 1.165) is 27.3 Å². The van der Waals surface area contributed by atoms with Gasteiger partial charge in [-0.3, -0.25) is 44.4 Å². The van der Waals surface area contributed by atoms with Gasteiger partial charge in [-0.1, -0.05) is 26.8 Å². The molecule has 314 valence electrons. The molecule has 0 aliphatic carbocycles. The third-order valence-electron chi connectivity index (χ3n) is 9.79. The van der Waals surface area contributed by atoms with Gasteiger partial charge in [0.1, 0.15) is 30.5 Å². The van der Waals surface area contributed by atoms with Gasteiger partial charge in [0.05, 0.1) is 67.5 Å². The van der Waals surface area contributed by atoms with E-state index in [1.54, 1.807) is 24.5 Å². The van der Waals surface area contributed by atoms with Gasteiger partial charge in [0, 0.05) is 47.6 Å². The van der Waals surface area contributed by atoms with Gasteiger partial charge in [-0.25, -0.2) is 9.78 Å². The molecule has 5 aromatic rings. The number of imide groups is 2. The highest BCUT2D eigenvalue weighted by Crippen LogP contribution is 2.32. The lowest BCUT2D eigenvalue weighted by Gasteiger charge is -2.27. The number of urea groups is 1. The molecule has 2 aliphatic rings. The van der Waals surface area contributed by atoms with Gasteiger partial charge < -0.3 is 29.6 Å². The number of carbonyl (C=O) groups excluding carboxylic acids is 5. The van der Waals surface area contributed by atoms with Crippen LogP contribution in [0.1, 0.15) is 60.0 Å². The summed E-state index contributed by atoms with van der Waals surface area (Å²) >= 11 is 0. The fraction of sp³-hybridized carbons (Fsp3) is 0.357. The molecule has 2 aliphatic heterocycles. The van der Waals surface area contributed by atoms with Crippen molar-refractivity contribution in [3.63, 3.8) is 0 Å². The molecule has 0 saturated carbocycles. The Bertz CT molecular complexity index is 2370. The molecular formula is C42H47N9O9. The molecule has 1 atom stereocenters. The number of anilines is 3. The second kappa shape index (κ2) is 18.5. The normalized spacial score (nSPS) is 15.3. The lowest BCUT2D eigenvalue weighted by molar-refractivity contribution is -0.136. The van der Waals surface area contributed by atoms with Crippen molar-refractivity contribution in [3.8, 4) is 11.4 Å². The van der Waals surface area contributed by atoms with Crippen molar-refractivity contribution < 1.29 is 42.9 Å². The zero-order chi connectivity index (χ0) is 42.2. The maximum absolute atomic E-state index is 13.2. The molecule has 6 amide bonds. The second-order valence-electron chi connectivity index (χ2n) is 15.1. The van der Waals surface area contributed by atoms with Crippen molar-refractivity contribution in [2.24, 2.45) is 0 Å². The first-order valence-electron chi connectivity index (χ1n) is 19.6. The highest BCUT2D eigenvalue weighted by Gasteiger charge is 2.45. The topological polar surface area (TPSA) is 220 Å². The Kier molecular flexibility index (Phi) is 12.8. The van der Waals surface area contributed by atoms with Crippen LogP contribution < -0.4 is 26.0 Å². The zero-order valence-corrected chi connectivity index (χ0v) is 33.5. The predicted octanol–water partition coefficient (Wildman–Crippen LogP) is 4.63. The summed E-state index contributed by atoms with van der Waals surface area (Å²) in [5, 5.41) is 18.1. The van der Waals surface area contributed by atoms with Gasteiger partial charge in [-0.2, -0.15) is 5.10 Å². The van der Waals surface area contributed by atoms with Gasteiger partial charge >= 0.3 is 6.03 Å². The molecule has 2 aromatic heterocycles. The number of hydrogen-bond acceptors (Lipinski definition) is 12. The maximum Gasteiger partial charge on any atom is 0.324 e. The monoisotopic (exact) mass is 821 g/mol. The standard InChI is InChI=1S/C42H47N9O9/c1-42(2,3)34-24-35(49-48-34)46-41(56)45-26-7-9-27(10-8-26)50-25-44-31-23-28(11-12-32(31)50)60-22-21-59-20-19-58-18-17-57-16-15-43-30-6-4-5-29-37(30)40(55)51(39(29)54)33-13-14-36(52)47-38(33)53/h4-12,23-25,33,43H,13-22H2,1-3H3,(H,47,52,53)(H3,45,46,48,49,56). The highest BCUT2D eigenvalue weighted by molar-refractivity contribution is 6.25. The summed E-state index contributed by atoms with van der Waals surface area (Å²) in [6, 6.07) is 18.5. The van der Waals surface area contributed by atoms with Gasteiger partial charge in [0.2, 0.25) is 11.8 Å². The van der Waals surface area contributed by atoms with Crippen LogP contribution in [0.15, 0.2) is 73.1 Å². The van der Waals surface area contributed by atoms with Gasteiger partial charge in [0.25, 0.3) is 11.8 Å². The molecule has 3 aromatic carbocycles. The van der Waals surface area contributed by atoms with E-state index in [2.05, 4.69) is 57.2 Å². The number of aromatic amines is 1. The van der Waals surface area contributed by atoms with Crippen LogP contribution in [0.5, 0.6) is 5.75 Å². The minimum atomic E-state index is -1.02. The Balaban J connectivity index is 0.747. The van der Waals surface area contributed by atoms with Gasteiger partial charge in [0.15, 0.2) is 0 Å². The predicted molar refractivity (Wildman–Crippen MR) is 221 cm³/mol. The van der Waals surface area contributed by atoms with E-state index < -0.39 is 29.7 Å². The molecule has 1 saturated heterocycles. The molecule has 7 rings (SSSR count). The Morgan fingerprint density at radius 1 is 0.850 bits per heavy atom. The average Bonchev–Trinajstić information content (AvgIpc) is 3.94. The summed E-state index contributed by atoms with van der Waals surface area (Å²) in [7, 11) is 0. The lowest BCUT2D eigenvalue weighted by Crippen LogP contribution is -2.54. The van der Waals surface area contributed by atoms with E-state index in [-0.39, 0.29) is 35.4 Å². The van der Waals surface area contributed by atoms with Crippen LogP contribution in [0.2, 0.25) is 0 Å². The number of benzene rings is 3. The Labute approximate surface area is 345 Å². The summed E-state index contributed by atoms with van der Waals surface area (Å²) < 4.78 is 24.7. The number of imidazole rings is 1. The van der Waals surface area contributed by atoms with Crippen LogP contribution in [0.25, 0.3) is 16.7 Å². The van der Waals surface area contributed by atoms with Crippen LogP contribution in [0.3, 0.4) is 0 Å². The number of ether oxygens (including phenoxy) is 4. The van der Waals surface area contributed by atoms with E-state index in [0.29, 0.717) is 75.7 Å². The summed E-state index contributed by atoms with van der Waals surface area (Å²) in [4.78, 5) is 68.1. The SMILES string of the molecule is CC(C)(C)c1cc(NC(=O)Nc2ccc(-n3cnc4cc(OCCOCCOCCOCCNc5cccc6c5C(=O)N(C5CCC(=O)NC5=O)C6=O)ccc43)cc2)[nH]n1. The molecule has 5 N–H and O–H groups in total. The van der Waals surface area contributed by atoms with Crippen LogP contribution in [0, 0.1) is 0 Å². The largest absolute Gasteiger partial charge is 0.491 e. The van der Waals surface area contributed by atoms with Crippen molar-refractivity contribution in [1.82, 2.24) is 30.0 Å². The Hall–Kier alpha value is -6.63. The molecule has 18 heteroatoms. The summed E-state index contributed by atoms with van der Waals surface area (Å²) in [6.07, 6.45) is 1.89. The first-order valence-corrected chi connectivity index (χ1v) is 19.6. The van der Waals surface area contributed by atoms with E-state index >= 15 is 0 Å². The van der Waals surface area contributed by atoms with Crippen molar-refractivity contribution in [1.29, 1.82) is 0 Å². The van der Waals surface area contributed by atoms with Gasteiger partial charge in [-0.15, -0.1) is 0 Å². The highest BCUT2D eigenvalue weighted by atomic mass is 16.6. The number of nitrogens with one attached hydrogen (secondary N) is 5. The van der Waals surface area contributed by atoms with E-state index in [4.69, 9.17) is 18.9 Å². The van der Waals surface area contributed by atoms with Crippen LogP contribution in [0.4, 0.5) is 22.0 Å². The fourth-order valence-electron chi connectivity index (χ4n) is 6.73. The van der Waals surface area contributed by atoms with Crippen molar-refractivity contribution >= 4 is 57.9 Å². The molecule has 0 radical (unpaired) electrons. The third-order valence-corrected chi connectivity index (χ3v) is 9.79. The fourth-order valence-corrected chi connectivity index (χ4v) is 6.73. The minimum Gasteiger partial charge on any atom is -0.491 e. The molecule has 0 bridgehead atoms. The van der Waals surface area contributed by atoms with Crippen LogP contribution >= 0.6 is 0 Å². The second-order valence-corrected chi connectivity index (χ2v) is 15.1. The third kappa shape index (κ3) is 9.79. The molecule has 1 unspecified atom stereocenters. The molecular weight excluding hydrogens is 775 g/mol. The van der Waals surface area contributed by atoms with E-state index in [9.17, 15) is 24.0 Å². The zero-order valence-electron chi connectivity index (χ0n) is 33.5. The van der Waals surface area contributed by atoms with Gasteiger partial charge in [-0.05, 0) is 55.0 Å². The summed E-state index contributed by atoms with van der Waals surface area (Å²) in [5.74, 6) is -1.01. The van der Waals surface area contributed by atoms with E-state index in [1.165, 1.54) is 0 Å². The first-order chi connectivity index (χ1) is 29.0. The number of carbonyl (C=O) groups is 5. The number of amides is 6. The van der Waals surface area contributed by atoms with Crippen molar-refractivity contribution in [2.45, 2.75) is 45.1 Å². The maximum atomic E-state index is 13.2. The Morgan fingerprint density at radius 3 is 2.30 bits per heavy atom. The van der Waals surface area contributed by atoms with Crippen LogP contribution in [-0.4, -0.2) is 113 Å². The number of nitrogens with zero attached hydrogens (tertiary/aromatic N) is 4.